The van der Waals surface area contributed by atoms with Crippen LogP contribution in [0.3, 0.4) is 0 Å². The van der Waals surface area contributed by atoms with Gasteiger partial charge in [0.1, 0.15) is 5.60 Å². The summed E-state index contributed by atoms with van der Waals surface area (Å²) in [5, 5.41) is 5.16. The van der Waals surface area contributed by atoms with E-state index in [0.29, 0.717) is 13.1 Å². The first-order chi connectivity index (χ1) is 7.22. The lowest BCUT2D eigenvalue weighted by Crippen LogP contribution is -2.40. The Labute approximate surface area is 96.3 Å². The molecule has 0 aliphatic rings. The van der Waals surface area contributed by atoms with Crippen LogP contribution in [0.25, 0.3) is 0 Å². The van der Waals surface area contributed by atoms with Gasteiger partial charge in [0.25, 0.3) is 0 Å². The predicted molar refractivity (Wildman–Crippen MR) is 61.3 cm³/mol. The molecule has 0 saturated heterocycles. The quantitative estimate of drug-likeness (QED) is 0.705. The zero-order valence-electron chi connectivity index (χ0n) is 10.6. The van der Waals surface area contributed by atoms with Crippen LogP contribution in [0.1, 0.15) is 20.8 Å². The number of carbonyl (C=O) groups excluding carboxylic acids is 2. The van der Waals surface area contributed by atoms with Gasteiger partial charge in [0.15, 0.2) is 0 Å². The van der Waals surface area contributed by atoms with E-state index in [1.165, 1.54) is 4.90 Å². The van der Waals surface area contributed by atoms with Crippen molar-refractivity contribution in [2.45, 2.75) is 26.4 Å². The monoisotopic (exact) mass is 231 g/mol. The van der Waals surface area contributed by atoms with Crippen LogP contribution in [0, 0.1) is 0 Å². The lowest BCUT2D eigenvalue weighted by atomic mass is 10.2. The Balaban J connectivity index is 3.60. The molecule has 3 amide bonds. The van der Waals surface area contributed by atoms with Crippen molar-refractivity contribution in [2.24, 2.45) is 0 Å². The van der Waals surface area contributed by atoms with Crippen LogP contribution in [0.2, 0.25) is 0 Å². The van der Waals surface area contributed by atoms with E-state index >= 15 is 0 Å². The normalized spacial score (nSPS) is 10.6. The lowest BCUT2D eigenvalue weighted by Gasteiger charge is -2.19. The van der Waals surface area contributed by atoms with Gasteiger partial charge in [-0.3, -0.25) is 0 Å². The summed E-state index contributed by atoms with van der Waals surface area (Å²) in [7, 11) is 3.30. The third kappa shape index (κ3) is 7.90. The maximum atomic E-state index is 11.2. The number of nitrogens with zero attached hydrogens (tertiary/aromatic N) is 1. The molecule has 0 aromatic rings. The summed E-state index contributed by atoms with van der Waals surface area (Å²) in [5.41, 5.74) is -0.503. The fraction of sp³-hybridized carbons (Fsp3) is 0.800. The average molecular weight is 231 g/mol. The summed E-state index contributed by atoms with van der Waals surface area (Å²) in [6.07, 6.45) is -0.480. The van der Waals surface area contributed by atoms with Crippen molar-refractivity contribution in [3.63, 3.8) is 0 Å². The molecule has 0 bridgehead atoms. The Morgan fingerprint density at radius 2 is 1.62 bits per heavy atom. The molecule has 2 N–H and O–H groups in total. The number of hydrogen-bond donors (Lipinski definition) is 2. The molecule has 0 rings (SSSR count). The fourth-order valence-corrected chi connectivity index (χ4v) is 0.806. The largest absolute Gasteiger partial charge is 0.444 e. The molecule has 0 aromatic heterocycles. The molecular formula is C10H21N3O3. The van der Waals surface area contributed by atoms with Crippen LogP contribution in [0.4, 0.5) is 9.59 Å². The summed E-state index contributed by atoms with van der Waals surface area (Å²) in [5.74, 6) is 0. The van der Waals surface area contributed by atoms with Gasteiger partial charge in [-0.15, -0.1) is 0 Å². The van der Waals surface area contributed by atoms with Crippen molar-refractivity contribution < 1.29 is 14.3 Å². The average Bonchev–Trinajstić information content (AvgIpc) is 2.08. The van der Waals surface area contributed by atoms with Crippen LogP contribution < -0.4 is 10.6 Å². The van der Waals surface area contributed by atoms with Crippen molar-refractivity contribution in [3.8, 4) is 0 Å². The van der Waals surface area contributed by atoms with E-state index < -0.39 is 11.7 Å². The van der Waals surface area contributed by atoms with Crippen LogP contribution >= 0.6 is 0 Å². The molecular weight excluding hydrogens is 210 g/mol. The Bertz CT molecular complexity index is 246. The number of amides is 3. The van der Waals surface area contributed by atoms with E-state index in [2.05, 4.69) is 10.6 Å². The zero-order chi connectivity index (χ0) is 12.8. The number of carbonyl (C=O) groups is 2. The van der Waals surface area contributed by atoms with Crippen molar-refractivity contribution in [2.75, 3.05) is 27.2 Å². The van der Waals surface area contributed by atoms with Crippen LogP contribution in [0.15, 0.2) is 0 Å². The van der Waals surface area contributed by atoms with Gasteiger partial charge >= 0.3 is 12.1 Å². The lowest BCUT2D eigenvalue weighted by molar-refractivity contribution is 0.0528. The van der Waals surface area contributed by atoms with Crippen LogP contribution in [-0.2, 0) is 4.74 Å². The number of hydrogen-bond acceptors (Lipinski definition) is 3. The summed E-state index contributed by atoms with van der Waals surface area (Å²) >= 11 is 0. The van der Waals surface area contributed by atoms with Gasteiger partial charge in [-0.05, 0) is 20.8 Å². The zero-order valence-corrected chi connectivity index (χ0v) is 10.6. The molecule has 16 heavy (non-hydrogen) atoms. The number of nitrogens with one attached hydrogen (secondary N) is 2. The molecule has 0 saturated carbocycles. The molecule has 0 spiro atoms. The first-order valence-corrected chi connectivity index (χ1v) is 5.14. The molecule has 0 aliphatic carbocycles. The molecule has 0 aromatic carbocycles. The minimum absolute atomic E-state index is 0.189. The van der Waals surface area contributed by atoms with Crippen molar-refractivity contribution in [1.82, 2.24) is 15.5 Å². The Morgan fingerprint density at radius 1 is 1.12 bits per heavy atom. The van der Waals surface area contributed by atoms with E-state index in [1.807, 2.05) is 0 Å². The molecule has 0 atom stereocenters. The van der Waals surface area contributed by atoms with Gasteiger partial charge < -0.3 is 20.3 Å². The second-order valence-electron chi connectivity index (χ2n) is 4.56. The smallest absolute Gasteiger partial charge is 0.407 e. The highest BCUT2D eigenvalue weighted by Gasteiger charge is 2.15. The number of rotatable bonds is 3. The van der Waals surface area contributed by atoms with Gasteiger partial charge in [-0.2, -0.15) is 0 Å². The van der Waals surface area contributed by atoms with E-state index in [9.17, 15) is 9.59 Å². The maximum Gasteiger partial charge on any atom is 0.407 e. The van der Waals surface area contributed by atoms with Gasteiger partial charge in [-0.1, -0.05) is 0 Å². The Morgan fingerprint density at radius 3 is 2.06 bits per heavy atom. The molecule has 0 fully saturated rings. The van der Waals surface area contributed by atoms with Crippen LogP contribution in [0.5, 0.6) is 0 Å². The molecule has 0 radical (unpaired) electrons. The SMILES string of the molecule is CN(C)C(=O)NCCNC(=O)OC(C)(C)C. The van der Waals surface area contributed by atoms with Gasteiger partial charge in [0.05, 0.1) is 0 Å². The molecule has 6 nitrogen and oxygen atoms in total. The topological polar surface area (TPSA) is 70.7 Å². The molecule has 94 valence electrons. The van der Waals surface area contributed by atoms with Gasteiger partial charge in [0, 0.05) is 27.2 Å². The first kappa shape index (κ1) is 14.5. The predicted octanol–water partition coefficient (Wildman–Crippen LogP) is 0.782. The second-order valence-corrected chi connectivity index (χ2v) is 4.56. The minimum atomic E-state index is -0.503. The van der Waals surface area contributed by atoms with Crippen molar-refractivity contribution >= 4 is 12.1 Å². The third-order valence-electron chi connectivity index (χ3n) is 1.48. The standard InChI is InChI=1S/C10H21N3O3/c1-10(2,3)16-9(15)12-7-6-11-8(14)13(4)5/h6-7H2,1-5H3,(H,11,14)(H,12,15). The summed E-state index contributed by atoms with van der Waals surface area (Å²) in [6, 6.07) is -0.189. The Kier molecular flexibility index (Phi) is 5.63. The first-order valence-electron chi connectivity index (χ1n) is 5.14. The second kappa shape index (κ2) is 6.19. The van der Waals surface area contributed by atoms with Gasteiger partial charge in [-0.25, -0.2) is 9.59 Å². The number of ether oxygens (including phenoxy) is 1. The minimum Gasteiger partial charge on any atom is -0.444 e. The summed E-state index contributed by atoms with van der Waals surface area (Å²) in [6.45, 7) is 6.09. The number of urea groups is 1. The van der Waals surface area contributed by atoms with E-state index in [4.69, 9.17) is 4.74 Å². The molecule has 0 heterocycles. The van der Waals surface area contributed by atoms with E-state index in [1.54, 1.807) is 34.9 Å². The van der Waals surface area contributed by atoms with Crippen LogP contribution in [-0.4, -0.2) is 49.8 Å². The van der Waals surface area contributed by atoms with Gasteiger partial charge in [0.2, 0.25) is 0 Å². The Hall–Kier alpha value is -1.46. The molecule has 0 aliphatic heterocycles. The highest BCUT2D eigenvalue weighted by molar-refractivity contribution is 5.73. The van der Waals surface area contributed by atoms with Crippen molar-refractivity contribution in [3.05, 3.63) is 0 Å². The highest BCUT2D eigenvalue weighted by atomic mass is 16.6. The maximum absolute atomic E-state index is 11.2. The summed E-state index contributed by atoms with van der Waals surface area (Å²) < 4.78 is 5.02. The molecule has 6 heteroatoms. The molecule has 0 unspecified atom stereocenters. The summed E-state index contributed by atoms with van der Waals surface area (Å²) in [4.78, 5) is 23.7. The highest BCUT2D eigenvalue weighted by Crippen LogP contribution is 2.05. The van der Waals surface area contributed by atoms with E-state index in [-0.39, 0.29) is 6.03 Å². The van der Waals surface area contributed by atoms with E-state index in [0.717, 1.165) is 0 Å². The van der Waals surface area contributed by atoms with Crippen molar-refractivity contribution in [1.29, 1.82) is 0 Å². The third-order valence-corrected chi connectivity index (χ3v) is 1.48. The number of alkyl carbamates (subject to hydrolysis) is 1. The fourth-order valence-electron chi connectivity index (χ4n) is 0.806.